The number of aromatic amines is 1. The van der Waals surface area contributed by atoms with Crippen molar-refractivity contribution in [3.63, 3.8) is 0 Å². The minimum Gasteiger partial charge on any atom is -0.335 e. The third-order valence-corrected chi connectivity index (χ3v) is 2.23. The van der Waals surface area contributed by atoms with Crippen molar-refractivity contribution in [2.75, 3.05) is 13.1 Å². The van der Waals surface area contributed by atoms with Gasteiger partial charge in [0.05, 0.1) is 5.56 Å². The normalized spacial score (nSPS) is 16.5. The number of amides is 1. The fraction of sp³-hybridized carbons (Fsp3) is 0.333. The lowest BCUT2D eigenvalue weighted by Crippen LogP contribution is -2.57. The first-order valence-corrected chi connectivity index (χ1v) is 4.40. The van der Waals surface area contributed by atoms with Gasteiger partial charge in [0.1, 0.15) is 0 Å². The molecule has 2 heterocycles. The molecule has 0 bridgehead atoms. The third kappa shape index (κ3) is 1.54. The maximum atomic E-state index is 11.6. The Morgan fingerprint density at radius 1 is 1.50 bits per heavy atom. The van der Waals surface area contributed by atoms with E-state index in [1.807, 2.05) is 0 Å². The average molecular weight is 193 g/mol. The highest BCUT2D eigenvalue weighted by molar-refractivity contribution is 5.94. The first-order chi connectivity index (χ1) is 6.66. The van der Waals surface area contributed by atoms with E-state index in [1.165, 1.54) is 18.3 Å². The molecule has 3 N–H and O–H groups in total. The summed E-state index contributed by atoms with van der Waals surface area (Å²) in [5, 5.41) is 0. The molecule has 14 heavy (non-hydrogen) atoms. The van der Waals surface area contributed by atoms with Crippen molar-refractivity contribution < 1.29 is 4.79 Å². The fourth-order valence-electron chi connectivity index (χ4n) is 1.40. The number of hydrogen-bond acceptors (Lipinski definition) is 3. The van der Waals surface area contributed by atoms with Gasteiger partial charge in [0.25, 0.3) is 5.91 Å². The van der Waals surface area contributed by atoms with Gasteiger partial charge in [0, 0.05) is 31.4 Å². The molecule has 1 aliphatic heterocycles. The van der Waals surface area contributed by atoms with Crippen molar-refractivity contribution >= 4 is 5.91 Å². The van der Waals surface area contributed by atoms with E-state index in [4.69, 9.17) is 5.73 Å². The molecule has 5 heteroatoms. The van der Waals surface area contributed by atoms with Gasteiger partial charge < -0.3 is 15.6 Å². The third-order valence-electron chi connectivity index (χ3n) is 2.23. The second-order valence-corrected chi connectivity index (χ2v) is 3.41. The van der Waals surface area contributed by atoms with E-state index >= 15 is 0 Å². The first-order valence-electron chi connectivity index (χ1n) is 4.40. The lowest BCUT2D eigenvalue weighted by Gasteiger charge is -2.36. The first kappa shape index (κ1) is 8.96. The van der Waals surface area contributed by atoms with Gasteiger partial charge in [-0.25, -0.2) is 0 Å². The van der Waals surface area contributed by atoms with E-state index in [9.17, 15) is 9.59 Å². The summed E-state index contributed by atoms with van der Waals surface area (Å²) in [4.78, 5) is 26.5. The number of nitrogens with two attached hydrogens (primary N) is 1. The van der Waals surface area contributed by atoms with Gasteiger partial charge in [-0.05, 0) is 6.07 Å². The topological polar surface area (TPSA) is 79.2 Å². The Hall–Kier alpha value is -1.62. The van der Waals surface area contributed by atoms with Crippen LogP contribution in [0.2, 0.25) is 0 Å². The Morgan fingerprint density at radius 2 is 2.21 bits per heavy atom. The number of carbonyl (C=O) groups excluding carboxylic acids is 1. The van der Waals surface area contributed by atoms with Crippen LogP contribution in [0, 0.1) is 0 Å². The smallest absolute Gasteiger partial charge is 0.255 e. The van der Waals surface area contributed by atoms with Crippen molar-refractivity contribution in [2.24, 2.45) is 5.73 Å². The van der Waals surface area contributed by atoms with Crippen LogP contribution in [0.4, 0.5) is 0 Å². The van der Waals surface area contributed by atoms with Gasteiger partial charge in [-0.2, -0.15) is 0 Å². The monoisotopic (exact) mass is 193 g/mol. The standard InChI is InChI=1S/C9H11N3O2/c10-7-4-12(5-7)9(14)6-1-2-8(13)11-3-6/h1-3,7H,4-5,10H2,(H,11,13). The van der Waals surface area contributed by atoms with E-state index in [1.54, 1.807) is 4.90 Å². The van der Waals surface area contributed by atoms with E-state index in [2.05, 4.69) is 4.98 Å². The van der Waals surface area contributed by atoms with Crippen LogP contribution in [-0.2, 0) is 0 Å². The van der Waals surface area contributed by atoms with Crippen LogP contribution in [0.15, 0.2) is 23.1 Å². The molecule has 1 saturated heterocycles. The number of H-pyrrole nitrogens is 1. The summed E-state index contributed by atoms with van der Waals surface area (Å²) >= 11 is 0. The van der Waals surface area contributed by atoms with Crippen molar-refractivity contribution in [1.29, 1.82) is 0 Å². The molecular formula is C9H11N3O2. The van der Waals surface area contributed by atoms with Crippen molar-refractivity contribution in [3.05, 3.63) is 34.2 Å². The Kier molecular flexibility index (Phi) is 2.09. The number of pyridine rings is 1. The lowest BCUT2D eigenvalue weighted by atomic mass is 10.1. The maximum Gasteiger partial charge on any atom is 0.255 e. The molecule has 0 radical (unpaired) electrons. The van der Waals surface area contributed by atoms with Crippen molar-refractivity contribution in [3.8, 4) is 0 Å². The van der Waals surface area contributed by atoms with Crippen molar-refractivity contribution in [2.45, 2.75) is 6.04 Å². The molecule has 1 aliphatic rings. The molecule has 5 nitrogen and oxygen atoms in total. The number of carbonyl (C=O) groups is 1. The Bertz CT molecular complexity index is 386. The van der Waals surface area contributed by atoms with Crippen LogP contribution in [0.25, 0.3) is 0 Å². The number of likely N-dealkylation sites (tertiary alicyclic amines) is 1. The maximum absolute atomic E-state index is 11.6. The molecular weight excluding hydrogens is 182 g/mol. The highest BCUT2D eigenvalue weighted by Gasteiger charge is 2.28. The SMILES string of the molecule is NC1CN(C(=O)c2ccc(=O)[nH]c2)C1. The number of rotatable bonds is 1. The molecule has 0 atom stereocenters. The highest BCUT2D eigenvalue weighted by Crippen LogP contribution is 2.10. The fourth-order valence-corrected chi connectivity index (χ4v) is 1.40. The van der Waals surface area contributed by atoms with Crippen LogP contribution in [0.3, 0.4) is 0 Å². The Morgan fingerprint density at radius 3 is 2.71 bits per heavy atom. The molecule has 0 aromatic carbocycles. The number of nitrogens with zero attached hydrogens (tertiary/aromatic N) is 1. The quantitative estimate of drug-likeness (QED) is 0.610. The van der Waals surface area contributed by atoms with Crippen molar-refractivity contribution in [1.82, 2.24) is 9.88 Å². The molecule has 2 rings (SSSR count). The van der Waals surface area contributed by atoms with Gasteiger partial charge in [0.15, 0.2) is 0 Å². The number of nitrogens with one attached hydrogen (secondary N) is 1. The lowest BCUT2D eigenvalue weighted by molar-refractivity contribution is 0.0607. The molecule has 74 valence electrons. The zero-order valence-electron chi connectivity index (χ0n) is 7.56. The summed E-state index contributed by atoms with van der Waals surface area (Å²) in [5.41, 5.74) is 5.85. The predicted octanol–water partition coefficient (Wildman–Crippen LogP) is -0.842. The Labute approximate surface area is 80.5 Å². The van der Waals surface area contributed by atoms with Crippen LogP contribution in [-0.4, -0.2) is 34.9 Å². The van der Waals surface area contributed by atoms with Gasteiger partial charge in [-0.3, -0.25) is 9.59 Å². The summed E-state index contributed by atoms with van der Waals surface area (Å²) < 4.78 is 0. The molecule has 1 amide bonds. The summed E-state index contributed by atoms with van der Waals surface area (Å²) in [6.07, 6.45) is 1.43. The van der Waals surface area contributed by atoms with Gasteiger partial charge in [0.2, 0.25) is 5.56 Å². The molecule has 0 aliphatic carbocycles. The summed E-state index contributed by atoms with van der Waals surface area (Å²) in [6, 6.07) is 2.96. The predicted molar refractivity (Wildman–Crippen MR) is 50.9 cm³/mol. The molecule has 1 aromatic heterocycles. The number of hydrogen-bond donors (Lipinski definition) is 2. The van der Waals surface area contributed by atoms with Crippen LogP contribution < -0.4 is 11.3 Å². The molecule has 0 spiro atoms. The Balaban J connectivity index is 2.12. The molecule has 1 aromatic rings. The number of aromatic nitrogens is 1. The second-order valence-electron chi connectivity index (χ2n) is 3.41. The summed E-state index contributed by atoms with van der Waals surface area (Å²) in [6.45, 7) is 1.19. The average Bonchev–Trinajstić information content (AvgIpc) is 2.13. The molecule has 0 saturated carbocycles. The van der Waals surface area contributed by atoms with E-state index < -0.39 is 0 Å². The largest absolute Gasteiger partial charge is 0.335 e. The molecule has 0 unspecified atom stereocenters. The van der Waals surface area contributed by atoms with Gasteiger partial charge in [-0.15, -0.1) is 0 Å². The van der Waals surface area contributed by atoms with E-state index in [0.29, 0.717) is 18.7 Å². The molecule has 1 fully saturated rings. The van der Waals surface area contributed by atoms with Gasteiger partial charge >= 0.3 is 0 Å². The zero-order chi connectivity index (χ0) is 10.1. The van der Waals surface area contributed by atoms with Gasteiger partial charge in [-0.1, -0.05) is 0 Å². The summed E-state index contributed by atoms with van der Waals surface area (Å²) in [5.74, 6) is -0.0806. The van der Waals surface area contributed by atoms with E-state index in [0.717, 1.165) is 0 Å². The van der Waals surface area contributed by atoms with Crippen LogP contribution >= 0.6 is 0 Å². The summed E-state index contributed by atoms with van der Waals surface area (Å²) in [7, 11) is 0. The van der Waals surface area contributed by atoms with E-state index in [-0.39, 0.29) is 17.5 Å². The second kappa shape index (κ2) is 3.26. The van der Waals surface area contributed by atoms with Crippen LogP contribution in [0.5, 0.6) is 0 Å². The highest BCUT2D eigenvalue weighted by atomic mass is 16.2. The zero-order valence-corrected chi connectivity index (χ0v) is 7.56. The minimum absolute atomic E-state index is 0.0806. The minimum atomic E-state index is -0.207. The van der Waals surface area contributed by atoms with Crippen LogP contribution in [0.1, 0.15) is 10.4 Å².